The number of anilines is 1. The fraction of sp³-hybridized carbons (Fsp3) is 0.471. The maximum absolute atomic E-state index is 12.5. The molecule has 1 aromatic carbocycles. The summed E-state index contributed by atoms with van der Waals surface area (Å²) in [5, 5.41) is 2.96. The lowest BCUT2D eigenvalue weighted by Gasteiger charge is -2.14. The minimum absolute atomic E-state index is 0.0264. The third-order valence-corrected chi connectivity index (χ3v) is 4.34. The van der Waals surface area contributed by atoms with Gasteiger partial charge in [-0.3, -0.25) is 14.9 Å². The van der Waals surface area contributed by atoms with Crippen LogP contribution < -0.4 is 5.32 Å². The van der Waals surface area contributed by atoms with E-state index in [0.717, 1.165) is 24.0 Å². The molecule has 3 rings (SSSR count). The number of nitrogens with zero attached hydrogens (tertiary/aromatic N) is 3. The summed E-state index contributed by atoms with van der Waals surface area (Å²) in [6.07, 6.45) is 1.67. The maximum atomic E-state index is 12.5. The first-order valence-corrected chi connectivity index (χ1v) is 8.11. The average molecular weight is 314 g/mol. The van der Waals surface area contributed by atoms with Crippen LogP contribution in [0.4, 0.5) is 5.95 Å². The molecular weight excluding hydrogens is 292 g/mol. The molecule has 1 aliphatic rings. The smallest absolute Gasteiger partial charge is 0.231 e. The van der Waals surface area contributed by atoms with Crippen molar-refractivity contribution in [3.63, 3.8) is 0 Å². The van der Waals surface area contributed by atoms with E-state index in [1.165, 1.54) is 0 Å². The zero-order valence-corrected chi connectivity index (χ0v) is 13.6. The first-order valence-electron chi connectivity index (χ1n) is 8.11. The van der Waals surface area contributed by atoms with E-state index < -0.39 is 0 Å². The SMILES string of the molecule is CCCn1c(NC(=O)C2CCN(C(C)=O)C2)nc2ccccc21. The molecule has 6 nitrogen and oxygen atoms in total. The van der Waals surface area contributed by atoms with Crippen molar-refractivity contribution < 1.29 is 9.59 Å². The monoisotopic (exact) mass is 314 g/mol. The van der Waals surface area contributed by atoms with Crippen LogP contribution in [0.3, 0.4) is 0 Å². The minimum Gasteiger partial charge on any atom is -0.342 e. The van der Waals surface area contributed by atoms with Crippen molar-refractivity contribution in [3.8, 4) is 0 Å². The van der Waals surface area contributed by atoms with Gasteiger partial charge in [0.05, 0.1) is 17.0 Å². The summed E-state index contributed by atoms with van der Waals surface area (Å²) in [5.74, 6) is 0.410. The predicted molar refractivity (Wildman–Crippen MR) is 89.0 cm³/mol. The Morgan fingerprint density at radius 2 is 2.13 bits per heavy atom. The normalized spacial score (nSPS) is 17.7. The van der Waals surface area contributed by atoms with Crippen LogP contribution in [0.2, 0.25) is 0 Å². The second kappa shape index (κ2) is 6.40. The summed E-state index contributed by atoms with van der Waals surface area (Å²) in [5.41, 5.74) is 1.91. The third kappa shape index (κ3) is 3.06. The van der Waals surface area contributed by atoms with Crippen molar-refractivity contribution in [3.05, 3.63) is 24.3 Å². The van der Waals surface area contributed by atoms with E-state index >= 15 is 0 Å². The Balaban J connectivity index is 1.80. The van der Waals surface area contributed by atoms with Gasteiger partial charge >= 0.3 is 0 Å². The van der Waals surface area contributed by atoms with Gasteiger partial charge in [0.1, 0.15) is 0 Å². The fourth-order valence-electron chi connectivity index (χ4n) is 3.09. The van der Waals surface area contributed by atoms with Crippen LogP contribution in [0.15, 0.2) is 24.3 Å². The van der Waals surface area contributed by atoms with E-state index in [1.807, 2.05) is 28.8 Å². The molecule has 1 atom stereocenters. The lowest BCUT2D eigenvalue weighted by Crippen LogP contribution is -2.30. The molecule has 2 heterocycles. The van der Waals surface area contributed by atoms with Gasteiger partial charge in [-0.15, -0.1) is 0 Å². The van der Waals surface area contributed by atoms with Crippen molar-refractivity contribution >= 4 is 28.8 Å². The van der Waals surface area contributed by atoms with Crippen LogP contribution in [-0.2, 0) is 16.1 Å². The molecule has 1 aliphatic heterocycles. The van der Waals surface area contributed by atoms with E-state index in [-0.39, 0.29) is 17.7 Å². The van der Waals surface area contributed by atoms with Crippen LogP contribution in [0, 0.1) is 5.92 Å². The highest BCUT2D eigenvalue weighted by Gasteiger charge is 2.30. The Hall–Kier alpha value is -2.37. The molecule has 0 saturated carbocycles. The summed E-state index contributed by atoms with van der Waals surface area (Å²) in [7, 11) is 0. The molecule has 0 radical (unpaired) electrons. The van der Waals surface area contributed by atoms with Gasteiger partial charge in [-0.05, 0) is 25.0 Å². The number of para-hydroxylation sites is 2. The molecule has 1 unspecified atom stereocenters. The number of hydrogen-bond donors (Lipinski definition) is 1. The number of nitrogens with one attached hydrogen (secondary N) is 1. The molecule has 2 aromatic rings. The Kier molecular flexibility index (Phi) is 4.32. The number of benzene rings is 1. The van der Waals surface area contributed by atoms with E-state index in [0.29, 0.717) is 25.5 Å². The largest absolute Gasteiger partial charge is 0.342 e. The summed E-state index contributed by atoms with van der Waals surface area (Å²) in [6.45, 7) is 5.59. The molecule has 122 valence electrons. The molecule has 1 aromatic heterocycles. The third-order valence-electron chi connectivity index (χ3n) is 4.34. The van der Waals surface area contributed by atoms with E-state index in [4.69, 9.17) is 0 Å². The Morgan fingerprint density at radius 1 is 1.35 bits per heavy atom. The van der Waals surface area contributed by atoms with Crippen LogP contribution in [-0.4, -0.2) is 39.4 Å². The number of hydrogen-bond acceptors (Lipinski definition) is 3. The van der Waals surface area contributed by atoms with Crippen LogP contribution in [0.5, 0.6) is 0 Å². The minimum atomic E-state index is -0.159. The molecule has 0 spiro atoms. The topological polar surface area (TPSA) is 67.2 Å². The lowest BCUT2D eigenvalue weighted by atomic mass is 10.1. The number of aryl methyl sites for hydroxylation is 1. The summed E-state index contributed by atoms with van der Waals surface area (Å²) < 4.78 is 2.05. The second-order valence-corrected chi connectivity index (χ2v) is 6.02. The summed E-state index contributed by atoms with van der Waals surface area (Å²) in [6, 6.07) is 7.88. The maximum Gasteiger partial charge on any atom is 0.231 e. The highest BCUT2D eigenvalue weighted by atomic mass is 16.2. The van der Waals surface area contributed by atoms with E-state index in [2.05, 4.69) is 17.2 Å². The number of fused-ring (bicyclic) bond motifs is 1. The first kappa shape index (κ1) is 15.5. The van der Waals surface area contributed by atoms with Gasteiger partial charge in [0.15, 0.2) is 0 Å². The van der Waals surface area contributed by atoms with Gasteiger partial charge in [0.2, 0.25) is 17.8 Å². The van der Waals surface area contributed by atoms with Gasteiger partial charge in [0, 0.05) is 26.6 Å². The van der Waals surface area contributed by atoms with E-state index in [1.54, 1.807) is 11.8 Å². The van der Waals surface area contributed by atoms with Crippen molar-refractivity contribution in [2.45, 2.75) is 33.2 Å². The number of amides is 2. The number of likely N-dealkylation sites (tertiary alicyclic amines) is 1. The lowest BCUT2D eigenvalue weighted by molar-refractivity contribution is -0.128. The fourth-order valence-corrected chi connectivity index (χ4v) is 3.09. The van der Waals surface area contributed by atoms with Crippen LogP contribution in [0.25, 0.3) is 11.0 Å². The number of carbonyl (C=O) groups is 2. The molecule has 1 fully saturated rings. The zero-order chi connectivity index (χ0) is 16.4. The van der Waals surface area contributed by atoms with Gasteiger partial charge < -0.3 is 9.47 Å². The highest BCUT2D eigenvalue weighted by Crippen LogP contribution is 2.22. The standard InChI is InChI=1S/C17H22N4O2/c1-3-9-21-15-7-5-4-6-14(15)18-17(21)19-16(23)13-8-10-20(11-13)12(2)22/h4-7,13H,3,8-11H2,1-2H3,(H,18,19,23). The average Bonchev–Trinajstić information content (AvgIpc) is 3.14. The van der Waals surface area contributed by atoms with Crippen molar-refractivity contribution in [2.75, 3.05) is 18.4 Å². The number of imidazole rings is 1. The Morgan fingerprint density at radius 3 is 2.83 bits per heavy atom. The molecule has 6 heteroatoms. The van der Waals surface area contributed by atoms with Crippen LogP contribution in [0.1, 0.15) is 26.7 Å². The molecule has 1 N–H and O–H groups in total. The van der Waals surface area contributed by atoms with Gasteiger partial charge in [-0.25, -0.2) is 4.98 Å². The van der Waals surface area contributed by atoms with Crippen LogP contribution >= 0.6 is 0 Å². The quantitative estimate of drug-likeness (QED) is 0.941. The molecular formula is C17H22N4O2. The molecule has 0 aliphatic carbocycles. The molecule has 0 bridgehead atoms. The number of rotatable bonds is 4. The Bertz CT molecular complexity index is 737. The van der Waals surface area contributed by atoms with Crippen molar-refractivity contribution in [1.82, 2.24) is 14.5 Å². The zero-order valence-electron chi connectivity index (χ0n) is 13.6. The van der Waals surface area contributed by atoms with Gasteiger partial charge in [-0.1, -0.05) is 19.1 Å². The van der Waals surface area contributed by atoms with Gasteiger partial charge in [-0.2, -0.15) is 0 Å². The molecule has 2 amide bonds. The first-order chi connectivity index (χ1) is 11.1. The van der Waals surface area contributed by atoms with Gasteiger partial charge in [0.25, 0.3) is 0 Å². The molecule has 23 heavy (non-hydrogen) atoms. The Labute approximate surface area is 135 Å². The summed E-state index contributed by atoms with van der Waals surface area (Å²) in [4.78, 5) is 30.2. The van der Waals surface area contributed by atoms with E-state index in [9.17, 15) is 9.59 Å². The second-order valence-electron chi connectivity index (χ2n) is 6.02. The summed E-state index contributed by atoms with van der Waals surface area (Å²) >= 11 is 0. The number of aromatic nitrogens is 2. The van der Waals surface area contributed by atoms with Crippen molar-refractivity contribution in [1.29, 1.82) is 0 Å². The highest BCUT2D eigenvalue weighted by molar-refractivity contribution is 5.94. The molecule has 1 saturated heterocycles. The predicted octanol–water partition coefficient (Wildman–Crippen LogP) is 2.25. The number of carbonyl (C=O) groups excluding carboxylic acids is 2. The van der Waals surface area contributed by atoms with Crippen molar-refractivity contribution in [2.24, 2.45) is 5.92 Å².